The molecule has 2 amide bonds. The van der Waals surface area contributed by atoms with Crippen LogP contribution in [0, 0.1) is 0 Å². The number of ether oxygens (including phenoxy) is 4. The molecule has 0 radical (unpaired) electrons. The third kappa shape index (κ3) is 13.4. The average molecular weight is 615 g/mol. The topological polar surface area (TPSA) is 136 Å². The molecule has 0 fully saturated rings. The first-order valence-corrected chi connectivity index (χ1v) is 15.1. The molecule has 0 heterocycles. The van der Waals surface area contributed by atoms with Gasteiger partial charge in [-0.05, 0) is 81.6 Å². The van der Waals surface area contributed by atoms with Crippen LogP contribution in [0.5, 0.6) is 0 Å². The molecule has 0 bridgehead atoms. The first-order valence-electron chi connectivity index (χ1n) is 15.1. The first kappa shape index (κ1) is 36.0. The van der Waals surface area contributed by atoms with Gasteiger partial charge in [-0.3, -0.25) is 10.6 Å². The number of likely N-dealkylation sites (N-methyl/N-ethyl adjacent to an activating group) is 2. The summed E-state index contributed by atoms with van der Waals surface area (Å²) in [6, 6.07) is 12.6. The molecule has 0 unspecified atom stereocenters. The van der Waals surface area contributed by atoms with Gasteiger partial charge in [0.25, 0.3) is 0 Å². The number of carbonyl (C=O) groups excluding carboxylic acids is 4. The molecular weight excluding hydrogens is 568 g/mol. The third-order valence-electron chi connectivity index (χ3n) is 6.87. The van der Waals surface area contributed by atoms with E-state index >= 15 is 0 Å². The summed E-state index contributed by atoms with van der Waals surface area (Å²) in [7, 11) is 0. The maximum atomic E-state index is 12.2. The van der Waals surface area contributed by atoms with Gasteiger partial charge in [-0.1, -0.05) is 27.7 Å². The summed E-state index contributed by atoms with van der Waals surface area (Å²) in [6.45, 7) is 15.4. The number of amides is 2. The smallest absolute Gasteiger partial charge is 0.411 e. The standard InChI is InChI=1S/C32H46N4O8/c1-6-35(7-2)19-22-41-29(37)25-10-14-27(15-11-25)33-31(39)43-21-18-24(5)44-32(40)34-28-16-12-26(13-17-28)30(38)42-23-20-36(8-3)9-4/h10-17,24H,6-9,18-23H2,1-5H3,(H,33,39)(H,34,40)/t24-/m0/s1. The van der Waals surface area contributed by atoms with Crippen LogP contribution in [0.15, 0.2) is 48.5 Å². The summed E-state index contributed by atoms with van der Waals surface area (Å²) < 4.78 is 21.1. The Bertz CT molecular complexity index is 1170. The highest BCUT2D eigenvalue weighted by molar-refractivity contribution is 5.92. The van der Waals surface area contributed by atoms with Gasteiger partial charge in [-0.25, -0.2) is 19.2 Å². The predicted octanol–water partition coefficient (Wildman–Crippen LogP) is 5.26. The molecule has 0 aliphatic carbocycles. The normalized spacial score (nSPS) is 11.5. The molecule has 2 aromatic rings. The summed E-state index contributed by atoms with van der Waals surface area (Å²) in [5.74, 6) is -0.856. The molecule has 0 aromatic heterocycles. The molecule has 0 aliphatic rings. The van der Waals surface area contributed by atoms with Crippen LogP contribution < -0.4 is 10.6 Å². The van der Waals surface area contributed by atoms with Crippen LogP contribution in [0.2, 0.25) is 0 Å². The summed E-state index contributed by atoms with van der Waals surface area (Å²) >= 11 is 0. The van der Waals surface area contributed by atoms with Crippen molar-refractivity contribution in [1.82, 2.24) is 9.80 Å². The minimum Gasteiger partial charge on any atom is -0.461 e. The molecule has 12 nitrogen and oxygen atoms in total. The Morgan fingerprint density at radius 1 is 0.614 bits per heavy atom. The number of nitrogens with zero attached hydrogens (tertiary/aromatic N) is 2. The van der Waals surface area contributed by atoms with Gasteiger partial charge in [0, 0.05) is 30.9 Å². The molecule has 2 aromatic carbocycles. The zero-order valence-corrected chi connectivity index (χ0v) is 26.4. The summed E-state index contributed by atoms with van der Waals surface area (Å²) in [5, 5.41) is 5.19. The van der Waals surface area contributed by atoms with Gasteiger partial charge in [0.2, 0.25) is 0 Å². The Labute approximate surface area is 260 Å². The second-order valence-electron chi connectivity index (χ2n) is 9.87. The van der Waals surface area contributed by atoms with Crippen LogP contribution in [-0.4, -0.2) is 99.1 Å². The van der Waals surface area contributed by atoms with Gasteiger partial charge in [0.15, 0.2) is 0 Å². The van der Waals surface area contributed by atoms with Crippen LogP contribution in [0.1, 0.15) is 61.8 Å². The molecule has 12 heteroatoms. The van der Waals surface area contributed by atoms with E-state index in [9.17, 15) is 19.2 Å². The average Bonchev–Trinajstić information content (AvgIpc) is 3.01. The van der Waals surface area contributed by atoms with Crippen molar-refractivity contribution in [3.63, 3.8) is 0 Å². The quantitative estimate of drug-likeness (QED) is 0.169. The number of esters is 2. The monoisotopic (exact) mass is 614 g/mol. The molecule has 242 valence electrons. The van der Waals surface area contributed by atoms with Crippen molar-refractivity contribution in [2.75, 3.05) is 69.7 Å². The zero-order chi connectivity index (χ0) is 32.3. The Morgan fingerprint density at radius 3 is 1.43 bits per heavy atom. The summed E-state index contributed by atoms with van der Waals surface area (Å²) in [4.78, 5) is 53.1. The van der Waals surface area contributed by atoms with E-state index in [1.807, 2.05) is 0 Å². The number of rotatable bonds is 18. The predicted molar refractivity (Wildman–Crippen MR) is 168 cm³/mol. The van der Waals surface area contributed by atoms with Crippen LogP contribution in [-0.2, 0) is 18.9 Å². The highest BCUT2D eigenvalue weighted by Crippen LogP contribution is 2.13. The van der Waals surface area contributed by atoms with Crippen molar-refractivity contribution in [3.05, 3.63) is 59.7 Å². The Balaban J connectivity index is 1.66. The number of hydrogen-bond acceptors (Lipinski definition) is 10. The Morgan fingerprint density at radius 2 is 1.02 bits per heavy atom. The van der Waals surface area contributed by atoms with Gasteiger partial charge in [0.1, 0.15) is 19.3 Å². The van der Waals surface area contributed by atoms with Crippen molar-refractivity contribution >= 4 is 35.5 Å². The van der Waals surface area contributed by atoms with E-state index in [1.165, 1.54) is 0 Å². The van der Waals surface area contributed by atoms with Gasteiger partial charge in [0.05, 0.1) is 17.7 Å². The summed E-state index contributed by atoms with van der Waals surface area (Å²) in [5.41, 5.74) is 1.67. The van der Waals surface area contributed by atoms with Crippen LogP contribution in [0.25, 0.3) is 0 Å². The lowest BCUT2D eigenvalue weighted by Crippen LogP contribution is -2.27. The first-order chi connectivity index (χ1) is 21.2. The molecule has 2 rings (SSSR count). The van der Waals surface area contributed by atoms with E-state index in [0.29, 0.717) is 48.8 Å². The Hall–Kier alpha value is -4.16. The minimum absolute atomic E-state index is 0.0162. The Kier molecular flexibility index (Phi) is 16.3. The molecule has 0 saturated carbocycles. The van der Waals surface area contributed by atoms with Crippen molar-refractivity contribution in [1.29, 1.82) is 0 Å². The van der Waals surface area contributed by atoms with Crippen LogP contribution in [0.4, 0.5) is 21.0 Å². The fourth-order valence-electron chi connectivity index (χ4n) is 4.02. The largest absolute Gasteiger partial charge is 0.461 e. The van der Waals surface area contributed by atoms with E-state index in [4.69, 9.17) is 18.9 Å². The second-order valence-corrected chi connectivity index (χ2v) is 9.87. The van der Waals surface area contributed by atoms with Crippen LogP contribution >= 0.6 is 0 Å². The molecule has 0 aliphatic heterocycles. The van der Waals surface area contributed by atoms with Crippen molar-refractivity contribution in [2.45, 2.75) is 47.1 Å². The highest BCUT2D eigenvalue weighted by Gasteiger charge is 2.14. The fourth-order valence-corrected chi connectivity index (χ4v) is 4.02. The number of anilines is 2. The van der Waals surface area contributed by atoms with E-state index in [0.717, 1.165) is 26.2 Å². The van der Waals surface area contributed by atoms with Crippen LogP contribution in [0.3, 0.4) is 0 Å². The van der Waals surface area contributed by atoms with E-state index in [2.05, 4.69) is 48.1 Å². The van der Waals surface area contributed by atoms with Gasteiger partial charge < -0.3 is 28.7 Å². The number of nitrogens with one attached hydrogen (secondary N) is 2. The van der Waals surface area contributed by atoms with Crippen molar-refractivity contribution in [2.24, 2.45) is 0 Å². The number of benzene rings is 2. The SMILES string of the molecule is CCN(CC)CCOC(=O)c1ccc(NC(=O)OCC[C@H](C)OC(=O)Nc2ccc(C(=O)OCCN(CC)CC)cc2)cc1. The van der Waals surface area contributed by atoms with Crippen molar-refractivity contribution in [3.8, 4) is 0 Å². The molecule has 2 N–H and O–H groups in total. The van der Waals surface area contributed by atoms with Crippen molar-refractivity contribution < 1.29 is 38.1 Å². The maximum absolute atomic E-state index is 12.2. The van der Waals surface area contributed by atoms with Gasteiger partial charge >= 0.3 is 24.1 Å². The third-order valence-corrected chi connectivity index (χ3v) is 6.87. The van der Waals surface area contributed by atoms with E-state index < -0.39 is 30.2 Å². The van der Waals surface area contributed by atoms with E-state index in [-0.39, 0.29) is 13.0 Å². The van der Waals surface area contributed by atoms with Gasteiger partial charge in [-0.15, -0.1) is 0 Å². The molecule has 0 saturated heterocycles. The van der Waals surface area contributed by atoms with E-state index in [1.54, 1.807) is 55.5 Å². The lowest BCUT2D eigenvalue weighted by molar-refractivity contribution is 0.0457. The zero-order valence-electron chi connectivity index (χ0n) is 26.4. The fraction of sp³-hybridized carbons (Fsp3) is 0.500. The minimum atomic E-state index is -0.678. The maximum Gasteiger partial charge on any atom is 0.411 e. The molecule has 0 spiro atoms. The van der Waals surface area contributed by atoms with Gasteiger partial charge in [-0.2, -0.15) is 0 Å². The molecular formula is C32H46N4O8. The number of hydrogen-bond donors (Lipinski definition) is 2. The summed E-state index contributed by atoms with van der Waals surface area (Å²) in [6.07, 6.45) is -1.61. The molecule has 44 heavy (non-hydrogen) atoms. The second kappa shape index (κ2) is 19.9. The lowest BCUT2D eigenvalue weighted by atomic mass is 10.2. The highest BCUT2D eigenvalue weighted by atomic mass is 16.6. The molecule has 1 atom stereocenters. The lowest BCUT2D eigenvalue weighted by Gasteiger charge is -2.17. The number of carbonyl (C=O) groups is 4.